The Balaban J connectivity index is 1.43. The van der Waals surface area contributed by atoms with Gasteiger partial charge in [0.15, 0.2) is 0 Å². The summed E-state index contributed by atoms with van der Waals surface area (Å²) in [7, 11) is 0. The number of hydrogen-bond donors (Lipinski definition) is 0. The normalized spacial score (nSPS) is 11.9. The zero-order valence-electron chi connectivity index (χ0n) is 23.9. The van der Waals surface area contributed by atoms with Crippen molar-refractivity contribution in [2.75, 3.05) is 0 Å². The highest BCUT2D eigenvalue weighted by Crippen LogP contribution is 2.46. The first-order valence-electron chi connectivity index (χ1n) is 15.1. The molecular formula is C41H28N2. The van der Waals surface area contributed by atoms with E-state index < -0.39 is 0 Å². The number of fused-ring (bicyclic) bond motifs is 5. The lowest BCUT2D eigenvalue weighted by Crippen LogP contribution is -1.91. The van der Waals surface area contributed by atoms with Crippen molar-refractivity contribution in [1.82, 2.24) is 9.38 Å². The van der Waals surface area contributed by atoms with Crippen molar-refractivity contribution < 1.29 is 0 Å². The first kappa shape index (κ1) is 24.2. The molecule has 0 saturated heterocycles. The Morgan fingerprint density at radius 1 is 0.512 bits per heavy atom. The Bertz CT molecular complexity index is 2470. The Labute approximate surface area is 249 Å². The zero-order valence-corrected chi connectivity index (χ0v) is 23.9. The van der Waals surface area contributed by atoms with Crippen LogP contribution in [0.4, 0.5) is 0 Å². The molecule has 2 heterocycles. The number of benzene rings is 7. The molecule has 0 aliphatic heterocycles. The highest BCUT2D eigenvalue weighted by Gasteiger charge is 2.21. The van der Waals surface area contributed by atoms with E-state index >= 15 is 0 Å². The first-order chi connectivity index (χ1) is 21.3. The fourth-order valence-corrected chi connectivity index (χ4v) is 7.28. The van der Waals surface area contributed by atoms with E-state index in [1.807, 2.05) is 0 Å². The average molecular weight is 549 g/mol. The van der Waals surface area contributed by atoms with E-state index in [2.05, 4.69) is 151 Å². The van der Waals surface area contributed by atoms with Crippen LogP contribution in [0.3, 0.4) is 0 Å². The lowest BCUT2D eigenvalue weighted by atomic mass is 9.84. The highest BCUT2D eigenvalue weighted by molar-refractivity contribution is 6.23. The molecule has 0 spiro atoms. The van der Waals surface area contributed by atoms with Gasteiger partial charge in [-0.15, -0.1) is 0 Å². The second kappa shape index (κ2) is 9.27. The van der Waals surface area contributed by atoms with Crippen LogP contribution in [0.1, 0.15) is 12.7 Å². The van der Waals surface area contributed by atoms with E-state index in [1.54, 1.807) is 0 Å². The van der Waals surface area contributed by atoms with Crippen molar-refractivity contribution in [3.63, 3.8) is 0 Å². The molecule has 0 aliphatic rings. The molecule has 9 aromatic rings. The van der Waals surface area contributed by atoms with Gasteiger partial charge in [0.25, 0.3) is 0 Å². The minimum Gasteiger partial charge on any atom is -0.295 e. The maximum Gasteiger partial charge on any atom is 0.114 e. The summed E-state index contributed by atoms with van der Waals surface area (Å²) < 4.78 is 2.38. The molecule has 2 nitrogen and oxygen atoms in total. The SMILES string of the molecule is CCc1nc2ccc(-c3ccc4c(-c5ccccc5)c5ccccc5c(-c5ccccc5)c4c3)c3c4ccccc4n1c23. The van der Waals surface area contributed by atoms with Crippen molar-refractivity contribution >= 4 is 48.9 Å². The van der Waals surface area contributed by atoms with Crippen LogP contribution in [0.25, 0.3) is 82.2 Å². The average Bonchev–Trinajstić information content (AvgIpc) is 3.63. The number of imidazole rings is 1. The molecule has 43 heavy (non-hydrogen) atoms. The molecular weight excluding hydrogens is 520 g/mol. The van der Waals surface area contributed by atoms with Gasteiger partial charge in [-0.2, -0.15) is 0 Å². The number of aryl methyl sites for hydroxylation is 1. The molecule has 0 bridgehead atoms. The van der Waals surface area contributed by atoms with Crippen molar-refractivity contribution in [2.24, 2.45) is 0 Å². The zero-order chi connectivity index (χ0) is 28.5. The molecule has 0 fully saturated rings. The van der Waals surface area contributed by atoms with Crippen LogP contribution in [0.15, 0.2) is 140 Å². The number of nitrogens with zero attached hydrogens (tertiary/aromatic N) is 2. The molecule has 2 heteroatoms. The summed E-state index contributed by atoms with van der Waals surface area (Å²) in [6, 6.07) is 50.9. The third-order valence-corrected chi connectivity index (χ3v) is 9.08. The summed E-state index contributed by atoms with van der Waals surface area (Å²) in [6.07, 6.45) is 0.892. The fourth-order valence-electron chi connectivity index (χ4n) is 7.28. The molecule has 0 amide bonds. The second-order valence-corrected chi connectivity index (χ2v) is 11.4. The van der Waals surface area contributed by atoms with Crippen LogP contribution in [-0.4, -0.2) is 9.38 Å². The van der Waals surface area contributed by atoms with Gasteiger partial charge >= 0.3 is 0 Å². The van der Waals surface area contributed by atoms with Crippen molar-refractivity contribution in [3.05, 3.63) is 145 Å². The second-order valence-electron chi connectivity index (χ2n) is 11.4. The van der Waals surface area contributed by atoms with Crippen LogP contribution in [0.5, 0.6) is 0 Å². The van der Waals surface area contributed by atoms with Crippen LogP contribution in [-0.2, 0) is 6.42 Å². The Morgan fingerprint density at radius 2 is 1.09 bits per heavy atom. The van der Waals surface area contributed by atoms with Gasteiger partial charge in [0.05, 0.1) is 16.6 Å². The molecule has 0 atom stereocenters. The fraction of sp³-hybridized carbons (Fsp3) is 0.0488. The predicted octanol–water partition coefficient (Wildman–Crippen LogP) is 10.9. The van der Waals surface area contributed by atoms with Crippen molar-refractivity contribution in [1.29, 1.82) is 0 Å². The largest absolute Gasteiger partial charge is 0.295 e. The molecule has 0 unspecified atom stereocenters. The van der Waals surface area contributed by atoms with E-state index in [9.17, 15) is 0 Å². The summed E-state index contributed by atoms with van der Waals surface area (Å²) in [4.78, 5) is 5.02. The van der Waals surface area contributed by atoms with E-state index in [4.69, 9.17) is 4.98 Å². The standard InChI is InChI=1S/C41H28N2/c1-2-37-42-35-24-23-29(40-33-19-11-12-20-36(33)43(37)41(35)40)28-21-22-32-34(25-28)39(27-15-7-4-8-16-27)31-18-10-9-17-30(31)38(32)26-13-5-3-6-14-26/h3-25H,2H2,1H3. The van der Waals surface area contributed by atoms with Crippen LogP contribution < -0.4 is 0 Å². The lowest BCUT2D eigenvalue weighted by Gasteiger charge is -2.19. The minimum atomic E-state index is 0.892. The molecule has 0 aliphatic carbocycles. The van der Waals surface area contributed by atoms with Crippen molar-refractivity contribution in [3.8, 4) is 33.4 Å². The molecule has 202 valence electrons. The highest BCUT2D eigenvalue weighted by atomic mass is 15.0. The number of hydrogen-bond acceptors (Lipinski definition) is 1. The Kier molecular flexibility index (Phi) is 5.21. The van der Waals surface area contributed by atoms with Crippen LogP contribution in [0.2, 0.25) is 0 Å². The van der Waals surface area contributed by atoms with Gasteiger partial charge in [0, 0.05) is 17.2 Å². The summed E-state index contributed by atoms with van der Waals surface area (Å²) in [5, 5.41) is 7.64. The van der Waals surface area contributed by atoms with Crippen LogP contribution in [0, 0.1) is 0 Å². The molecule has 9 rings (SSSR count). The molecule has 7 aromatic carbocycles. The third kappa shape index (κ3) is 3.44. The van der Waals surface area contributed by atoms with Gasteiger partial charge in [0.2, 0.25) is 0 Å². The maximum atomic E-state index is 5.02. The topological polar surface area (TPSA) is 17.3 Å². The smallest absolute Gasteiger partial charge is 0.114 e. The van der Waals surface area contributed by atoms with E-state index in [1.165, 1.54) is 76.7 Å². The third-order valence-electron chi connectivity index (χ3n) is 9.08. The molecule has 0 N–H and O–H groups in total. The molecule has 2 aromatic heterocycles. The quantitative estimate of drug-likeness (QED) is 0.200. The summed E-state index contributed by atoms with van der Waals surface area (Å²) in [5.74, 6) is 1.11. The number of rotatable bonds is 4. The number of para-hydroxylation sites is 1. The maximum absolute atomic E-state index is 5.02. The van der Waals surface area contributed by atoms with Gasteiger partial charge in [-0.25, -0.2) is 4.98 Å². The Hall–Kier alpha value is -5.47. The van der Waals surface area contributed by atoms with E-state index in [0.29, 0.717) is 0 Å². The Morgan fingerprint density at radius 3 is 1.77 bits per heavy atom. The predicted molar refractivity (Wildman–Crippen MR) is 182 cm³/mol. The van der Waals surface area contributed by atoms with Gasteiger partial charge in [-0.1, -0.05) is 128 Å². The van der Waals surface area contributed by atoms with E-state index in [-0.39, 0.29) is 0 Å². The molecule has 0 radical (unpaired) electrons. The monoisotopic (exact) mass is 548 g/mol. The minimum absolute atomic E-state index is 0.892. The number of aromatic nitrogens is 2. The van der Waals surface area contributed by atoms with E-state index in [0.717, 1.165) is 17.8 Å². The summed E-state index contributed by atoms with van der Waals surface area (Å²) >= 11 is 0. The first-order valence-corrected chi connectivity index (χ1v) is 15.1. The van der Waals surface area contributed by atoms with Gasteiger partial charge in [-0.05, 0) is 73.1 Å². The van der Waals surface area contributed by atoms with Gasteiger partial charge in [0.1, 0.15) is 5.82 Å². The summed E-state index contributed by atoms with van der Waals surface area (Å²) in [6.45, 7) is 2.19. The lowest BCUT2D eigenvalue weighted by molar-refractivity contribution is 0.961. The van der Waals surface area contributed by atoms with Crippen LogP contribution >= 0.6 is 0 Å². The van der Waals surface area contributed by atoms with Crippen molar-refractivity contribution in [2.45, 2.75) is 13.3 Å². The van der Waals surface area contributed by atoms with Gasteiger partial charge < -0.3 is 0 Å². The molecule has 0 saturated carbocycles. The van der Waals surface area contributed by atoms with Gasteiger partial charge in [-0.3, -0.25) is 4.40 Å². The summed E-state index contributed by atoms with van der Waals surface area (Å²) in [5.41, 5.74) is 11.0.